The van der Waals surface area contributed by atoms with Crippen molar-refractivity contribution in [1.82, 2.24) is 0 Å². The number of carbonyl (C=O) groups is 1. The highest BCUT2D eigenvalue weighted by atomic mass is 16.5. The summed E-state index contributed by atoms with van der Waals surface area (Å²) in [6.45, 7) is 0.508. The monoisotopic (exact) mass is 288 g/mol. The third kappa shape index (κ3) is 1.14. The Hall–Kier alpha value is -2.35. The van der Waals surface area contributed by atoms with Gasteiger partial charge in [0, 0.05) is 11.8 Å². The predicted octanol–water partition coefficient (Wildman–Crippen LogP) is 3.45. The number of esters is 1. The fourth-order valence-electron chi connectivity index (χ4n) is 4.97. The van der Waals surface area contributed by atoms with Gasteiger partial charge in [0.25, 0.3) is 0 Å². The number of fused-ring (bicyclic) bond motifs is 1. The van der Waals surface area contributed by atoms with Crippen LogP contribution in [0.5, 0.6) is 0 Å². The average Bonchev–Trinajstić information content (AvgIpc) is 2.85. The van der Waals surface area contributed by atoms with Gasteiger partial charge in [-0.2, -0.15) is 0 Å². The molecule has 4 atom stereocenters. The number of rotatable bonds is 2. The quantitative estimate of drug-likeness (QED) is 0.625. The molecule has 2 aliphatic carbocycles. The van der Waals surface area contributed by atoms with Crippen LogP contribution in [0.15, 0.2) is 72.8 Å². The summed E-state index contributed by atoms with van der Waals surface area (Å²) in [5, 5.41) is 0. The van der Waals surface area contributed by atoms with Crippen LogP contribution in [0.25, 0.3) is 0 Å². The maximum atomic E-state index is 12.7. The second-order valence-electron chi connectivity index (χ2n) is 6.53. The molecule has 1 saturated heterocycles. The Morgan fingerprint density at radius 1 is 0.909 bits per heavy atom. The maximum absolute atomic E-state index is 12.7. The summed E-state index contributed by atoms with van der Waals surface area (Å²) in [6.07, 6.45) is 4.44. The molecular weight excluding hydrogens is 272 g/mol. The van der Waals surface area contributed by atoms with Crippen molar-refractivity contribution in [2.45, 2.75) is 11.3 Å². The van der Waals surface area contributed by atoms with Crippen LogP contribution in [0.2, 0.25) is 0 Å². The zero-order valence-electron chi connectivity index (χ0n) is 12.1. The first-order valence-corrected chi connectivity index (χ1v) is 7.78. The molecule has 5 rings (SSSR count). The zero-order valence-corrected chi connectivity index (χ0v) is 12.1. The molecule has 0 aromatic heterocycles. The van der Waals surface area contributed by atoms with Gasteiger partial charge in [0.05, 0.1) is 10.8 Å². The minimum Gasteiger partial charge on any atom is -0.464 e. The molecule has 2 aromatic carbocycles. The number of ether oxygens (including phenoxy) is 1. The SMILES string of the molecule is O=C1OC[C@@]2(c3ccccc3)[C@@H]3C=C[C@@H](c4ccccc4)[C@@]132. The minimum atomic E-state index is -0.421. The number of allylic oxidation sites excluding steroid dienone is 2. The van der Waals surface area contributed by atoms with E-state index in [1.807, 2.05) is 24.3 Å². The van der Waals surface area contributed by atoms with E-state index in [2.05, 4.69) is 48.6 Å². The summed E-state index contributed by atoms with van der Waals surface area (Å²) in [7, 11) is 0. The van der Waals surface area contributed by atoms with Gasteiger partial charge in [-0.3, -0.25) is 4.79 Å². The molecule has 0 unspecified atom stereocenters. The number of carbonyl (C=O) groups excluding carboxylic acids is 1. The molecule has 22 heavy (non-hydrogen) atoms. The van der Waals surface area contributed by atoms with Gasteiger partial charge in [0.1, 0.15) is 6.61 Å². The van der Waals surface area contributed by atoms with Crippen molar-refractivity contribution in [2.75, 3.05) is 6.61 Å². The minimum absolute atomic E-state index is 0.0276. The van der Waals surface area contributed by atoms with Crippen LogP contribution in [0.1, 0.15) is 17.0 Å². The van der Waals surface area contributed by atoms with E-state index in [9.17, 15) is 4.79 Å². The van der Waals surface area contributed by atoms with Crippen molar-refractivity contribution in [3.8, 4) is 0 Å². The van der Waals surface area contributed by atoms with E-state index in [0.29, 0.717) is 6.61 Å². The third-order valence-corrected chi connectivity index (χ3v) is 5.88. The lowest BCUT2D eigenvalue weighted by Gasteiger charge is -2.22. The molecule has 2 fully saturated rings. The molecule has 1 spiro atoms. The molecule has 1 aliphatic heterocycles. The van der Waals surface area contributed by atoms with Crippen LogP contribution < -0.4 is 0 Å². The standard InChI is InChI=1S/C20H16O2/c21-18-20-16(14-7-3-1-4-8-14)11-12-17(20)19(20,13-22-18)15-9-5-2-6-10-15/h1-12,16-17H,13H2/t16-,17-,19+,20-/m0/s1. The van der Waals surface area contributed by atoms with Crippen LogP contribution in [0, 0.1) is 11.3 Å². The largest absolute Gasteiger partial charge is 0.464 e. The molecular formula is C20H16O2. The summed E-state index contributed by atoms with van der Waals surface area (Å²) in [5.74, 6) is 0.364. The zero-order chi connectivity index (χ0) is 14.8. The Balaban J connectivity index is 1.69. The first kappa shape index (κ1) is 12.2. The number of hydrogen-bond donors (Lipinski definition) is 0. The third-order valence-electron chi connectivity index (χ3n) is 5.88. The van der Waals surface area contributed by atoms with Crippen LogP contribution >= 0.6 is 0 Å². The maximum Gasteiger partial charge on any atom is 0.314 e. The molecule has 0 N–H and O–H groups in total. The molecule has 3 aliphatic rings. The summed E-state index contributed by atoms with van der Waals surface area (Å²) < 4.78 is 5.55. The van der Waals surface area contributed by atoms with Gasteiger partial charge in [-0.15, -0.1) is 0 Å². The fourth-order valence-corrected chi connectivity index (χ4v) is 4.97. The van der Waals surface area contributed by atoms with Gasteiger partial charge in [-0.05, 0) is 11.1 Å². The van der Waals surface area contributed by atoms with E-state index < -0.39 is 5.41 Å². The molecule has 1 heterocycles. The summed E-state index contributed by atoms with van der Waals surface area (Å²) in [6, 6.07) is 20.7. The lowest BCUT2D eigenvalue weighted by molar-refractivity contribution is -0.145. The second-order valence-corrected chi connectivity index (χ2v) is 6.53. The molecule has 0 amide bonds. The Labute approximate surface area is 129 Å². The average molecular weight is 288 g/mol. The topological polar surface area (TPSA) is 26.3 Å². The number of hydrogen-bond acceptors (Lipinski definition) is 2. The van der Waals surface area contributed by atoms with Gasteiger partial charge in [-0.25, -0.2) is 0 Å². The van der Waals surface area contributed by atoms with Crippen molar-refractivity contribution >= 4 is 5.97 Å². The number of cyclic esters (lactones) is 1. The van der Waals surface area contributed by atoms with Gasteiger partial charge >= 0.3 is 5.97 Å². The van der Waals surface area contributed by atoms with E-state index in [1.165, 1.54) is 11.1 Å². The summed E-state index contributed by atoms with van der Waals surface area (Å²) in [4.78, 5) is 12.7. The Morgan fingerprint density at radius 2 is 1.59 bits per heavy atom. The highest BCUT2D eigenvalue weighted by Gasteiger charge is 2.88. The van der Waals surface area contributed by atoms with E-state index in [1.54, 1.807) is 0 Å². The van der Waals surface area contributed by atoms with Crippen LogP contribution in [-0.2, 0) is 14.9 Å². The van der Waals surface area contributed by atoms with Crippen molar-refractivity contribution in [1.29, 1.82) is 0 Å². The van der Waals surface area contributed by atoms with Crippen LogP contribution in [-0.4, -0.2) is 12.6 Å². The van der Waals surface area contributed by atoms with Crippen molar-refractivity contribution in [2.24, 2.45) is 11.3 Å². The molecule has 0 radical (unpaired) electrons. The van der Waals surface area contributed by atoms with Crippen molar-refractivity contribution in [3.05, 3.63) is 83.9 Å². The molecule has 2 aromatic rings. The van der Waals surface area contributed by atoms with Gasteiger partial charge in [-0.1, -0.05) is 72.8 Å². The first-order chi connectivity index (χ1) is 10.8. The lowest BCUT2D eigenvalue weighted by Crippen LogP contribution is -2.25. The van der Waals surface area contributed by atoms with E-state index in [0.717, 1.165) is 0 Å². The van der Waals surface area contributed by atoms with E-state index >= 15 is 0 Å². The van der Waals surface area contributed by atoms with Crippen LogP contribution in [0.3, 0.4) is 0 Å². The van der Waals surface area contributed by atoms with Gasteiger partial charge < -0.3 is 4.74 Å². The normalized spacial score (nSPS) is 37.5. The Morgan fingerprint density at radius 3 is 2.32 bits per heavy atom. The smallest absolute Gasteiger partial charge is 0.314 e. The van der Waals surface area contributed by atoms with Gasteiger partial charge in [0.2, 0.25) is 0 Å². The highest BCUT2D eigenvalue weighted by Crippen LogP contribution is 2.81. The predicted molar refractivity (Wildman–Crippen MR) is 83.3 cm³/mol. The van der Waals surface area contributed by atoms with Crippen molar-refractivity contribution in [3.63, 3.8) is 0 Å². The Bertz CT molecular complexity index is 780. The first-order valence-electron chi connectivity index (χ1n) is 7.78. The molecule has 0 bridgehead atoms. The van der Waals surface area contributed by atoms with Crippen molar-refractivity contribution < 1.29 is 9.53 Å². The van der Waals surface area contributed by atoms with Gasteiger partial charge in [0.15, 0.2) is 0 Å². The highest BCUT2D eigenvalue weighted by molar-refractivity contribution is 5.92. The Kier molecular flexibility index (Phi) is 2.16. The molecule has 108 valence electrons. The fraction of sp³-hybridized carbons (Fsp3) is 0.250. The van der Waals surface area contributed by atoms with E-state index in [-0.39, 0.29) is 23.2 Å². The molecule has 2 heteroatoms. The summed E-state index contributed by atoms with van der Waals surface area (Å²) >= 11 is 0. The van der Waals surface area contributed by atoms with Crippen LogP contribution in [0.4, 0.5) is 0 Å². The lowest BCUT2D eigenvalue weighted by atomic mass is 9.77. The number of benzene rings is 2. The summed E-state index contributed by atoms with van der Waals surface area (Å²) in [5.41, 5.74) is 1.85. The molecule has 1 saturated carbocycles. The van der Waals surface area contributed by atoms with E-state index in [4.69, 9.17) is 4.74 Å². The molecule has 2 nitrogen and oxygen atoms in total. The second kappa shape index (κ2) is 3.89.